The Labute approximate surface area is 173 Å². The molecule has 0 spiro atoms. The van der Waals surface area contributed by atoms with Gasteiger partial charge in [-0.05, 0) is 17.7 Å². The van der Waals surface area contributed by atoms with Gasteiger partial charge in [0.05, 0.1) is 12.7 Å². The van der Waals surface area contributed by atoms with Crippen LogP contribution in [0.3, 0.4) is 0 Å². The third-order valence-electron chi connectivity index (χ3n) is 4.31. The summed E-state index contributed by atoms with van der Waals surface area (Å²) in [4.78, 5) is 43.5. The Hall–Kier alpha value is -3.95. The van der Waals surface area contributed by atoms with Crippen LogP contribution in [-0.4, -0.2) is 29.0 Å². The molecule has 1 atom stereocenters. The van der Waals surface area contributed by atoms with Crippen LogP contribution in [0.2, 0.25) is 0 Å². The van der Waals surface area contributed by atoms with Gasteiger partial charge in [0.1, 0.15) is 11.5 Å². The maximum atomic E-state index is 12.8. The van der Waals surface area contributed by atoms with E-state index in [4.69, 9.17) is 0 Å². The number of benzene rings is 2. The fraction of sp³-hybridized carbons (Fsp3) is 0.143. The van der Waals surface area contributed by atoms with Crippen molar-refractivity contribution < 1.29 is 27.5 Å². The molecule has 0 saturated carbocycles. The van der Waals surface area contributed by atoms with Crippen LogP contribution in [0.25, 0.3) is 11.4 Å². The third-order valence-corrected chi connectivity index (χ3v) is 4.31. The quantitative estimate of drug-likeness (QED) is 0.605. The predicted molar refractivity (Wildman–Crippen MR) is 104 cm³/mol. The molecule has 7 nitrogen and oxygen atoms in total. The second kappa shape index (κ2) is 8.82. The van der Waals surface area contributed by atoms with E-state index in [1.165, 1.54) is 0 Å². The van der Waals surface area contributed by atoms with Crippen LogP contribution in [0.1, 0.15) is 27.7 Å². The molecule has 1 heterocycles. The Bertz CT molecular complexity index is 1140. The van der Waals surface area contributed by atoms with Crippen LogP contribution in [0.5, 0.6) is 0 Å². The highest BCUT2D eigenvalue weighted by molar-refractivity contribution is 5.95. The van der Waals surface area contributed by atoms with E-state index in [-0.39, 0.29) is 17.1 Å². The highest BCUT2D eigenvalue weighted by Gasteiger charge is 2.31. The van der Waals surface area contributed by atoms with Gasteiger partial charge in [0.15, 0.2) is 6.04 Å². The van der Waals surface area contributed by atoms with Crippen molar-refractivity contribution in [2.45, 2.75) is 12.2 Å². The number of nitrogens with zero attached hydrogens (tertiary/aromatic N) is 1. The van der Waals surface area contributed by atoms with Gasteiger partial charge in [-0.2, -0.15) is 13.2 Å². The molecule has 1 unspecified atom stereocenters. The fourth-order valence-corrected chi connectivity index (χ4v) is 2.77. The fourth-order valence-electron chi connectivity index (χ4n) is 2.77. The number of ether oxygens (including phenoxy) is 1. The number of rotatable bonds is 5. The summed E-state index contributed by atoms with van der Waals surface area (Å²) in [6, 6.07) is 11.8. The number of nitrogens with one attached hydrogen (secondary N) is 2. The molecule has 0 bridgehead atoms. The number of esters is 1. The standard InChI is InChI=1S/C21H16F3N3O4/c1-31-20(30)17(12-7-9-14(10-8-12)21(22,23)24)27-19(29)15-11-16(28)26-18(25-15)13-5-3-2-4-6-13/h2-11,17H,1H3,(H,27,29)(H,25,26,28). The molecule has 0 aliphatic rings. The van der Waals surface area contributed by atoms with Crippen LogP contribution in [0, 0.1) is 0 Å². The highest BCUT2D eigenvalue weighted by Crippen LogP contribution is 2.30. The van der Waals surface area contributed by atoms with Crippen LogP contribution >= 0.6 is 0 Å². The van der Waals surface area contributed by atoms with Crippen molar-refractivity contribution in [3.63, 3.8) is 0 Å². The highest BCUT2D eigenvalue weighted by atomic mass is 19.4. The Morgan fingerprint density at radius 2 is 1.71 bits per heavy atom. The van der Waals surface area contributed by atoms with Crippen LogP contribution in [0.4, 0.5) is 13.2 Å². The van der Waals surface area contributed by atoms with Crippen LogP contribution < -0.4 is 10.9 Å². The first-order chi connectivity index (χ1) is 14.7. The lowest BCUT2D eigenvalue weighted by molar-refractivity contribution is -0.143. The maximum Gasteiger partial charge on any atom is 0.416 e. The van der Waals surface area contributed by atoms with Gasteiger partial charge in [0.2, 0.25) is 0 Å². The number of aromatic nitrogens is 2. The Morgan fingerprint density at radius 1 is 1.06 bits per heavy atom. The van der Waals surface area contributed by atoms with Gasteiger partial charge in [-0.15, -0.1) is 0 Å². The van der Waals surface area contributed by atoms with Crippen molar-refractivity contribution in [2.24, 2.45) is 0 Å². The summed E-state index contributed by atoms with van der Waals surface area (Å²) < 4.78 is 43.0. The largest absolute Gasteiger partial charge is 0.467 e. The van der Waals surface area contributed by atoms with Crippen molar-refractivity contribution in [3.05, 3.63) is 87.8 Å². The topological polar surface area (TPSA) is 101 Å². The lowest BCUT2D eigenvalue weighted by Crippen LogP contribution is -2.35. The molecule has 2 aromatic carbocycles. The van der Waals surface area contributed by atoms with Gasteiger partial charge in [0.25, 0.3) is 11.5 Å². The Kier molecular flexibility index (Phi) is 6.19. The van der Waals surface area contributed by atoms with E-state index in [2.05, 4.69) is 20.0 Å². The van der Waals surface area contributed by atoms with Crippen LogP contribution in [0.15, 0.2) is 65.5 Å². The number of hydrogen-bond acceptors (Lipinski definition) is 5. The average Bonchev–Trinajstić information content (AvgIpc) is 2.76. The lowest BCUT2D eigenvalue weighted by atomic mass is 10.0. The average molecular weight is 431 g/mol. The minimum Gasteiger partial charge on any atom is -0.467 e. The zero-order chi connectivity index (χ0) is 22.6. The Balaban J connectivity index is 1.91. The summed E-state index contributed by atoms with van der Waals surface area (Å²) in [5.41, 5.74) is -1.15. The first-order valence-corrected chi connectivity index (χ1v) is 8.91. The molecule has 0 radical (unpaired) electrons. The molecule has 0 aliphatic heterocycles. The second-order valence-electron chi connectivity index (χ2n) is 6.39. The number of H-pyrrole nitrogens is 1. The second-order valence-corrected chi connectivity index (χ2v) is 6.39. The molecule has 0 saturated heterocycles. The normalized spacial score (nSPS) is 12.1. The molecule has 1 amide bonds. The number of carbonyl (C=O) groups excluding carboxylic acids is 2. The summed E-state index contributed by atoms with van der Waals surface area (Å²) in [6.45, 7) is 0. The minimum absolute atomic E-state index is 0.0707. The van der Waals surface area contributed by atoms with E-state index >= 15 is 0 Å². The first kappa shape index (κ1) is 21.8. The SMILES string of the molecule is COC(=O)C(NC(=O)c1cc(=O)[nH]c(-c2ccccc2)n1)c1ccc(C(F)(F)F)cc1. The molecular formula is C21H16F3N3O4. The molecule has 0 fully saturated rings. The van der Waals surface area contributed by atoms with E-state index in [9.17, 15) is 27.6 Å². The Morgan fingerprint density at radius 3 is 2.29 bits per heavy atom. The van der Waals surface area contributed by atoms with E-state index in [0.29, 0.717) is 5.56 Å². The smallest absolute Gasteiger partial charge is 0.416 e. The number of halogens is 3. The molecule has 2 N–H and O–H groups in total. The molecule has 31 heavy (non-hydrogen) atoms. The van der Waals surface area contributed by atoms with Crippen molar-refractivity contribution in [2.75, 3.05) is 7.11 Å². The van der Waals surface area contributed by atoms with Gasteiger partial charge in [-0.1, -0.05) is 42.5 Å². The molecular weight excluding hydrogens is 415 g/mol. The summed E-state index contributed by atoms with van der Waals surface area (Å²) in [6.07, 6.45) is -4.55. The number of carbonyl (C=O) groups is 2. The van der Waals surface area contributed by atoms with E-state index in [0.717, 1.165) is 37.4 Å². The van der Waals surface area contributed by atoms with Gasteiger partial charge < -0.3 is 15.0 Å². The number of aromatic amines is 1. The summed E-state index contributed by atoms with van der Waals surface area (Å²) in [5.74, 6) is -1.64. The van der Waals surface area contributed by atoms with Gasteiger partial charge in [-0.25, -0.2) is 9.78 Å². The zero-order valence-corrected chi connectivity index (χ0v) is 16.1. The van der Waals surface area contributed by atoms with Crippen molar-refractivity contribution in [3.8, 4) is 11.4 Å². The van der Waals surface area contributed by atoms with Crippen LogP contribution in [-0.2, 0) is 15.7 Å². The van der Waals surface area contributed by atoms with E-state index in [1.54, 1.807) is 30.3 Å². The van der Waals surface area contributed by atoms with Crippen molar-refractivity contribution in [1.82, 2.24) is 15.3 Å². The van der Waals surface area contributed by atoms with Gasteiger partial charge in [0, 0.05) is 11.6 Å². The molecule has 10 heteroatoms. The van der Waals surface area contributed by atoms with Crippen molar-refractivity contribution in [1.29, 1.82) is 0 Å². The zero-order valence-electron chi connectivity index (χ0n) is 16.1. The van der Waals surface area contributed by atoms with Gasteiger partial charge >= 0.3 is 12.1 Å². The number of amides is 1. The molecule has 0 aliphatic carbocycles. The summed E-state index contributed by atoms with van der Waals surface area (Å²) >= 11 is 0. The lowest BCUT2D eigenvalue weighted by Gasteiger charge is -2.17. The van der Waals surface area contributed by atoms with E-state index < -0.39 is 35.2 Å². The monoisotopic (exact) mass is 431 g/mol. The molecule has 1 aromatic heterocycles. The predicted octanol–water partition coefficient (Wildman–Crippen LogP) is 3.10. The minimum atomic E-state index is -4.55. The maximum absolute atomic E-state index is 12.8. The summed E-state index contributed by atoms with van der Waals surface area (Å²) in [7, 11) is 1.07. The number of methoxy groups -OCH3 is 1. The third kappa shape index (κ3) is 5.16. The van der Waals surface area contributed by atoms with E-state index in [1.807, 2.05) is 0 Å². The molecule has 3 aromatic rings. The van der Waals surface area contributed by atoms with Crippen molar-refractivity contribution >= 4 is 11.9 Å². The first-order valence-electron chi connectivity index (χ1n) is 8.91. The summed E-state index contributed by atoms with van der Waals surface area (Å²) in [5, 5.41) is 2.35. The molecule has 3 rings (SSSR count). The molecule has 160 valence electrons. The number of hydrogen-bond donors (Lipinski definition) is 2. The number of alkyl halides is 3. The van der Waals surface area contributed by atoms with Gasteiger partial charge in [-0.3, -0.25) is 9.59 Å².